The minimum atomic E-state index is 0.518. The van der Waals surface area contributed by atoms with E-state index in [-0.39, 0.29) is 0 Å². The molecule has 1 fully saturated rings. The van der Waals surface area contributed by atoms with Crippen LogP contribution in [0.2, 0.25) is 0 Å². The predicted octanol–water partition coefficient (Wildman–Crippen LogP) is 2.95. The lowest BCUT2D eigenvalue weighted by Crippen LogP contribution is -2.47. The second-order valence-corrected chi connectivity index (χ2v) is 6.80. The molecule has 7 heteroatoms. The molecule has 0 saturated carbocycles. The molecule has 4 rings (SSSR count). The Morgan fingerprint density at radius 1 is 0.889 bits per heavy atom. The summed E-state index contributed by atoms with van der Waals surface area (Å²) in [4.78, 5) is 13.6. The summed E-state index contributed by atoms with van der Waals surface area (Å²) in [7, 11) is 0. The Hall–Kier alpha value is -3.22. The molecule has 0 amide bonds. The van der Waals surface area contributed by atoms with E-state index in [1.54, 1.807) is 6.20 Å². The van der Waals surface area contributed by atoms with Crippen molar-refractivity contribution in [1.29, 1.82) is 0 Å². The van der Waals surface area contributed by atoms with Crippen LogP contribution in [-0.2, 0) is 0 Å². The van der Waals surface area contributed by atoms with Gasteiger partial charge in [0.2, 0.25) is 5.95 Å². The van der Waals surface area contributed by atoms with E-state index in [0.717, 1.165) is 43.5 Å². The Kier molecular flexibility index (Phi) is 4.82. The van der Waals surface area contributed by atoms with Gasteiger partial charge in [-0.3, -0.25) is 0 Å². The van der Waals surface area contributed by atoms with Gasteiger partial charge in [0.1, 0.15) is 5.82 Å². The summed E-state index contributed by atoms with van der Waals surface area (Å²) in [6.45, 7) is 7.71. The number of hydrogen-bond donors (Lipinski definition) is 1. The fourth-order valence-electron chi connectivity index (χ4n) is 3.38. The van der Waals surface area contributed by atoms with Gasteiger partial charge in [-0.1, -0.05) is 12.1 Å². The van der Waals surface area contributed by atoms with Gasteiger partial charge in [0.25, 0.3) is 0 Å². The SMILES string of the molecule is Cc1cc(C)cc(Nc2nncc(N3CCN(c4ccccn4)CC3)n2)c1. The molecule has 1 aliphatic heterocycles. The molecule has 27 heavy (non-hydrogen) atoms. The molecule has 1 saturated heterocycles. The van der Waals surface area contributed by atoms with Gasteiger partial charge in [-0.15, -0.1) is 5.10 Å². The third-order valence-corrected chi connectivity index (χ3v) is 4.60. The first-order chi connectivity index (χ1) is 13.2. The molecular weight excluding hydrogens is 338 g/mol. The van der Waals surface area contributed by atoms with Gasteiger partial charge >= 0.3 is 0 Å². The summed E-state index contributed by atoms with van der Waals surface area (Å²) in [5.74, 6) is 2.39. The van der Waals surface area contributed by atoms with E-state index in [2.05, 4.69) is 67.3 Å². The first-order valence-corrected chi connectivity index (χ1v) is 9.13. The molecule has 0 bridgehead atoms. The van der Waals surface area contributed by atoms with Crippen LogP contribution in [0, 0.1) is 13.8 Å². The third kappa shape index (κ3) is 4.13. The molecule has 3 heterocycles. The van der Waals surface area contributed by atoms with Gasteiger partial charge in [-0.25, -0.2) is 4.98 Å². The molecule has 0 spiro atoms. The highest BCUT2D eigenvalue weighted by Crippen LogP contribution is 2.20. The van der Waals surface area contributed by atoms with Crippen LogP contribution in [-0.4, -0.2) is 46.3 Å². The van der Waals surface area contributed by atoms with Crippen molar-refractivity contribution >= 4 is 23.3 Å². The average molecular weight is 361 g/mol. The second-order valence-electron chi connectivity index (χ2n) is 6.80. The van der Waals surface area contributed by atoms with Crippen LogP contribution < -0.4 is 15.1 Å². The number of nitrogens with zero attached hydrogens (tertiary/aromatic N) is 6. The molecule has 0 atom stereocenters. The summed E-state index contributed by atoms with van der Waals surface area (Å²) in [6.07, 6.45) is 3.56. The largest absolute Gasteiger partial charge is 0.353 e. The van der Waals surface area contributed by atoms with Gasteiger partial charge in [-0.05, 0) is 49.2 Å². The summed E-state index contributed by atoms with van der Waals surface area (Å²) in [5, 5.41) is 11.5. The molecule has 3 aromatic rings. The lowest BCUT2D eigenvalue weighted by molar-refractivity contribution is 0.639. The first-order valence-electron chi connectivity index (χ1n) is 9.13. The van der Waals surface area contributed by atoms with E-state index in [1.165, 1.54) is 11.1 Å². The van der Waals surface area contributed by atoms with Crippen LogP contribution in [0.5, 0.6) is 0 Å². The van der Waals surface area contributed by atoms with Gasteiger partial charge < -0.3 is 15.1 Å². The van der Waals surface area contributed by atoms with Crippen molar-refractivity contribution in [2.75, 3.05) is 41.3 Å². The van der Waals surface area contributed by atoms with Crippen LogP contribution in [0.1, 0.15) is 11.1 Å². The smallest absolute Gasteiger partial charge is 0.249 e. The third-order valence-electron chi connectivity index (χ3n) is 4.60. The fourth-order valence-corrected chi connectivity index (χ4v) is 3.38. The standard InChI is InChI=1S/C20H23N7/c1-15-11-16(2)13-17(12-15)23-20-24-19(14-22-25-20)27-9-7-26(8-10-27)18-5-3-4-6-21-18/h3-6,11-14H,7-10H2,1-2H3,(H,23,24,25). The Labute approximate surface area is 159 Å². The van der Waals surface area contributed by atoms with Crippen molar-refractivity contribution in [1.82, 2.24) is 20.2 Å². The Balaban J connectivity index is 1.44. The molecule has 1 N–H and O–H groups in total. The normalized spacial score (nSPS) is 14.3. The number of piperazine rings is 1. The topological polar surface area (TPSA) is 70.1 Å². The zero-order chi connectivity index (χ0) is 18.6. The molecule has 0 unspecified atom stereocenters. The van der Waals surface area contributed by atoms with Gasteiger partial charge in [0.15, 0.2) is 5.82 Å². The number of aromatic nitrogens is 4. The molecule has 1 aromatic carbocycles. The lowest BCUT2D eigenvalue weighted by atomic mass is 10.1. The minimum absolute atomic E-state index is 0.518. The molecule has 2 aromatic heterocycles. The van der Waals surface area contributed by atoms with E-state index in [4.69, 9.17) is 0 Å². The van der Waals surface area contributed by atoms with Crippen molar-refractivity contribution < 1.29 is 0 Å². The van der Waals surface area contributed by atoms with E-state index >= 15 is 0 Å². The maximum absolute atomic E-state index is 4.66. The van der Waals surface area contributed by atoms with Crippen LogP contribution in [0.3, 0.4) is 0 Å². The van der Waals surface area contributed by atoms with Crippen molar-refractivity contribution in [3.63, 3.8) is 0 Å². The highest BCUT2D eigenvalue weighted by molar-refractivity contribution is 5.57. The zero-order valence-electron chi connectivity index (χ0n) is 15.6. The van der Waals surface area contributed by atoms with Gasteiger partial charge in [0, 0.05) is 38.1 Å². The predicted molar refractivity (Wildman–Crippen MR) is 108 cm³/mol. The summed E-state index contributed by atoms with van der Waals surface area (Å²) in [6, 6.07) is 12.3. The van der Waals surface area contributed by atoms with Crippen molar-refractivity contribution in [3.05, 3.63) is 59.9 Å². The molecule has 1 aliphatic rings. The van der Waals surface area contributed by atoms with Crippen molar-refractivity contribution in [2.45, 2.75) is 13.8 Å². The highest BCUT2D eigenvalue weighted by atomic mass is 15.3. The zero-order valence-corrected chi connectivity index (χ0v) is 15.6. The van der Waals surface area contributed by atoms with Crippen LogP contribution in [0.15, 0.2) is 48.8 Å². The number of anilines is 4. The maximum Gasteiger partial charge on any atom is 0.249 e. The molecule has 0 radical (unpaired) electrons. The quantitative estimate of drug-likeness (QED) is 0.766. The van der Waals surface area contributed by atoms with Crippen molar-refractivity contribution in [3.8, 4) is 0 Å². The first kappa shape index (κ1) is 17.2. The van der Waals surface area contributed by atoms with E-state index < -0.39 is 0 Å². The van der Waals surface area contributed by atoms with Gasteiger partial charge in [0.05, 0.1) is 6.20 Å². The summed E-state index contributed by atoms with van der Waals surface area (Å²) in [5.41, 5.74) is 3.38. The Bertz CT molecular complexity index is 885. The Morgan fingerprint density at radius 3 is 2.26 bits per heavy atom. The average Bonchev–Trinajstić information content (AvgIpc) is 2.68. The van der Waals surface area contributed by atoms with E-state index in [1.807, 2.05) is 24.4 Å². The lowest BCUT2D eigenvalue weighted by Gasteiger charge is -2.35. The number of pyridine rings is 1. The minimum Gasteiger partial charge on any atom is -0.353 e. The molecule has 7 nitrogen and oxygen atoms in total. The van der Waals surface area contributed by atoms with Crippen LogP contribution in [0.25, 0.3) is 0 Å². The highest BCUT2D eigenvalue weighted by Gasteiger charge is 2.19. The van der Waals surface area contributed by atoms with Gasteiger partial charge in [-0.2, -0.15) is 10.1 Å². The summed E-state index contributed by atoms with van der Waals surface area (Å²) >= 11 is 0. The number of rotatable bonds is 4. The fraction of sp³-hybridized carbons (Fsp3) is 0.300. The van der Waals surface area contributed by atoms with Crippen LogP contribution in [0.4, 0.5) is 23.3 Å². The number of aryl methyl sites for hydroxylation is 2. The van der Waals surface area contributed by atoms with Crippen LogP contribution >= 0.6 is 0 Å². The number of nitrogens with one attached hydrogen (secondary N) is 1. The van der Waals surface area contributed by atoms with Crippen molar-refractivity contribution in [2.24, 2.45) is 0 Å². The molecular formula is C20H23N7. The monoisotopic (exact) mass is 361 g/mol. The molecule has 0 aliphatic carbocycles. The second kappa shape index (κ2) is 7.57. The number of benzene rings is 1. The number of hydrogen-bond acceptors (Lipinski definition) is 7. The maximum atomic E-state index is 4.66. The Morgan fingerprint density at radius 2 is 1.59 bits per heavy atom. The summed E-state index contributed by atoms with van der Waals surface area (Å²) < 4.78 is 0. The van der Waals surface area contributed by atoms with E-state index in [0.29, 0.717) is 5.95 Å². The van der Waals surface area contributed by atoms with E-state index in [9.17, 15) is 0 Å². The molecule has 138 valence electrons.